The van der Waals surface area contributed by atoms with Gasteiger partial charge in [0.25, 0.3) is 0 Å². The summed E-state index contributed by atoms with van der Waals surface area (Å²) in [7, 11) is 2.22. The molecule has 0 spiro atoms. The van der Waals surface area contributed by atoms with Gasteiger partial charge in [-0.25, -0.2) is 0 Å². The topological polar surface area (TPSA) is 67.9 Å². The third kappa shape index (κ3) is 2.24. The number of fused-ring (bicyclic) bond motifs is 9. The summed E-state index contributed by atoms with van der Waals surface area (Å²) < 4.78 is 13.3. The normalized spacial score (nSPS) is 54.4. The Kier molecular flexibility index (Phi) is 3.77. The Balaban J connectivity index is 1.42. The highest BCUT2D eigenvalue weighted by molar-refractivity contribution is 6.05. The number of hydrogen-bond acceptors (Lipinski definition) is 5. The average Bonchev–Trinajstić information content (AvgIpc) is 3.15. The van der Waals surface area contributed by atoms with Crippen molar-refractivity contribution in [3.63, 3.8) is 0 Å². The summed E-state index contributed by atoms with van der Waals surface area (Å²) in [6.07, 6.45) is 9.20. The van der Waals surface area contributed by atoms with Gasteiger partial charge in [0, 0.05) is 12.1 Å². The summed E-state index contributed by atoms with van der Waals surface area (Å²) in [5.41, 5.74) is 0. The van der Waals surface area contributed by atoms with Crippen LogP contribution in [0, 0.1) is 23.7 Å². The van der Waals surface area contributed by atoms with Crippen molar-refractivity contribution in [1.29, 1.82) is 0 Å². The van der Waals surface area contributed by atoms with Crippen molar-refractivity contribution in [2.75, 3.05) is 7.05 Å². The van der Waals surface area contributed by atoms with Gasteiger partial charge in [0.15, 0.2) is 0 Å². The van der Waals surface area contributed by atoms with Crippen LogP contribution in [0.3, 0.4) is 0 Å². The maximum atomic E-state index is 12.9. The number of nitrogens with one attached hydrogen (secondary N) is 1. The molecule has 6 fully saturated rings. The van der Waals surface area contributed by atoms with Crippen LogP contribution in [0.15, 0.2) is 0 Å². The Morgan fingerprint density at radius 1 is 0.852 bits per heavy atom. The Morgan fingerprint density at radius 3 is 2.26 bits per heavy atom. The Bertz CT molecular complexity index is 669. The number of rotatable bonds is 0. The molecule has 6 heteroatoms. The molecule has 3 aliphatic heterocycles. The van der Waals surface area contributed by atoms with Gasteiger partial charge in [-0.1, -0.05) is 25.7 Å². The quantitative estimate of drug-likeness (QED) is 0.651. The first-order valence-corrected chi connectivity index (χ1v) is 11.0. The number of ether oxygens (including phenoxy) is 2. The van der Waals surface area contributed by atoms with Gasteiger partial charge in [-0.3, -0.25) is 19.8 Å². The van der Waals surface area contributed by atoms with Crippen LogP contribution in [-0.4, -0.2) is 60.3 Å². The van der Waals surface area contributed by atoms with E-state index in [9.17, 15) is 9.59 Å². The Hall–Kier alpha value is -0.980. The molecule has 6 nitrogen and oxygen atoms in total. The van der Waals surface area contributed by atoms with Gasteiger partial charge in [0.2, 0.25) is 11.8 Å². The number of amides is 2. The van der Waals surface area contributed by atoms with Crippen molar-refractivity contribution in [3.05, 3.63) is 0 Å². The fourth-order valence-electron chi connectivity index (χ4n) is 7.65. The lowest BCUT2D eigenvalue weighted by Crippen LogP contribution is -2.66. The second-order valence-electron chi connectivity index (χ2n) is 9.72. The molecule has 2 amide bonds. The maximum Gasteiger partial charge on any atom is 0.233 e. The predicted molar refractivity (Wildman–Crippen MR) is 96.7 cm³/mol. The van der Waals surface area contributed by atoms with E-state index in [1.807, 2.05) is 0 Å². The zero-order valence-corrected chi connectivity index (χ0v) is 16.0. The fourth-order valence-corrected chi connectivity index (χ4v) is 7.65. The standard InChI is InChI=1S/C21H30N2O4/c1-23-11-7-3-2-6-10(11)14-15-16(21(25)22-20(15)24)18-19(17(14)23)27-13-9-5-4-8-12(13)26-18/h10-19H,2-9H2,1H3,(H,22,24,25). The van der Waals surface area contributed by atoms with Crippen molar-refractivity contribution in [1.82, 2.24) is 10.2 Å². The molecule has 6 rings (SSSR count). The molecule has 10 atom stereocenters. The number of carbonyl (C=O) groups excluding carboxylic acids is 2. The second-order valence-corrected chi connectivity index (χ2v) is 9.72. The van der Waals surface area contributed by atoms with Crippen molar-refractivity contribution < 1.29 is 19.1 Å². The summed E-state index contributed by atoms with van der Waals surface area (Å²) in [6.45, 7) is 0. The number of likely N-dealkylation sites (tertiary alicyclic amines) is 1. The van der Waals surface area contributed by atoms with E-state index in [1.165, 1.54) is 32.1 Å². The van der Waals surface area contributed by atoms with Gasteiger partial charge >= 0.3 is 0 Å². The fraction of sp³-hybridized carbons (Fsp3) is 0.905. The van der Waals surface area contributed by atoms with Crippen LogP contribution in [0.5, 0.6) is 0 Å². The first kappa shape index (κ1) is 16.9. The molecular formula is C21H30N2O4. The lowest BCUT2D eigenvalue weighted by molar-refractivity contribution is -0.271. The van der Waals surface area contributed by atoms with Gasteiger partial charge < -0.3 is 9.47 Å². The molecular weight excluding hydrogens is 344 g/mol. The lowest BCUT2D eigenvalue weighted by Gasteiger charge is -2.53. The highest BCUT2D eigenvalue weighted by Gasteiger charge is 2.68. The summed E-state index contributed by atoms with van der Waals surface area (Å²) in [5, 5.41) is 2.65. The molecule has 3 saturated heterocycles. The second kappa shape index (κ2) is 6.01. The van der Waals surface area contributed by atoms with Crippen LogP contribution < -0.4 is 5.32 Å². The van der Waals surface area contributed by atoms with E-state index >= 15 is 0 Å². The molecule has 0 radical (unpaired) electrons. The summed E-state index contributed by atoms with van der Waals surface area (Å²) in [4.78, 5) is 28.1. The molecule has 0 aromatic carbocycles. The molecule has 3 heterocycles. The Morgan fingerprint density at radius 2 is 1.48 bits per heavy atom. The van der Waals surface area contributed by atoms with E-state index in [0.29, 0.717) is 12.0 Å². The largest absolute Gasteiger partial charge is 0.369 e. The van der Waals surface area contributed by atoms with Crippen LogP contribution in [0.1, 0.15) is 51.4 Å². The summed E-state index contributed by atoms with van der Waals surface area (Å²) in [5.74, 6) is -0.0531. The highest BCUT2D eigenvalue weighted by Crippen LogP contribution is 2.56. The van der Waals surface area contributed by atoms with E-state index in [0.717, 1.165) is 19.3 Å². The minimum Gasteiger partial charge on any atom is -0.369 e. The van der Waals surface area contributed by atoms with Crippen molar-refractivity contribution in [2.45, 2.75) is 87.9 Å². The van der Waals surface area contributed by atoms with E-state index in [4.69, 9.17) is 9.47 Å². The molecule has 0 aromatic heterocycles. The maximum absolute atomic E-state index is 12.9. The van der Waals surface area contributed by atoms with Crippen LogP contribution >= 0.6 is 0 Å². The third-order valence-electron chi connectivity index (χ3n) is 8.64. The molecule has 3 saturated carbocycles. The van der Waals surface area contributed by atoms with Crippen LogP contribution in [0.25, 0.3) is 0 Å². The van der Waals surface area contributed by atoms with Crippen molar-refractivity contribution in [3.8, 4) is 0 Å². The van der Waals surface area contributed by atoms with Gasteiger partial charge in [-0.15, -0.1) is 0 Å². The smallest absolute Gasteiger partial charge is 0.233 e. The first-order chi connectivity index (χ1) is 13.1. The zero-order valence-electron chi connectivity index (χ0n) is 16.0. The monoisotopic (exact) mass is 374 g/mol. The van der Waals surface area contributed by atoms with E-state index in [2.05, 4.69) is 17.3 Å². The zero-order chi connectivity index (χ0) is 18.3. The molecule has 27 heavy (non-hydrogen) atoms. The molecule has 0 aromatic rings. The van der Waals surface area contributed by atoms with Crippen LogP contribution in [0.2, 0.25) is 0 Å². The first-order valence-electron chi connectivity index (χ1n) is 11.0. The highest BCUT2D eigenvalue weighted by atomic mass is 16.6. The van der Waals surface area contributed by atoms with E-state index in [-0.39, 0.29) is 60.0 Å². The van der Waals surface area contributed by atoms with Crippen LogP contribution in [-0.2, 0) is 19.1 Å². The third-order valence-corrected chi connectivity index (χ3v) is 8.64. The summed E-state index contributed by atoms with van der Waals surface area (Å²) in [6, 6.07) is 0.716. The Labute approximate surface area is 160 Å². The lowest BCUT2D eigenvalue weighted by atomic mass is 9.62. The van der Waals surface area contributed by atoms with Gasteiger partial charge in [0.1, 0.15) is 6.10 Å². The number of likely N-dealkylation sites (N-methyl/N-ethyl adjacent to an activating group) is 1. The van der Waals surface area contributed by atoms with Crippen LogP contribution in [0.4, 0.5) is 0 Å². The number of nitrogens with zero attached hydrogens (tertiary/aromatic N) is 1. The molecule has 3 aliphatic carbocycles. The molecule has 10 unspecified atom stereocenters. The number of hydrogen-bond donors (Lipinski definition) is 1. The van der Waals surface area contributed by atoms with E-state index in [1.54, 1.807) is 0 Å². The molecule has 1 N–H and O–H groups in total. The van der Waals surface area contributed by atoms with Gasteiger partial charge in [-0.2, -0.15) is 0 Å². The van der Waals surface area contributed by atoms with Gasteiger partial charge in [-0.05, 0) is 44.6 Å². The minimum atomic E-state index is -0.360. The average molecular weight is 374 g/mol. The predicted octanol–water partition coefficient (Wildman–Crippen LogP) is 1.47. The minimum absolute atomic E-state index is 0.0626. The molecule has 0 bridgehead atoms. The summed E-state index contributed by atoms with van der Waals surface area (Å²) >= 11 is 0. The number of imide groups is 1. The molecule has 148 valence electrons. The van der Waals surface area contributed by atoms with Crippen molar-refractivity contribution in [2.24, 2.45) is 23.7 Å². The number of carbonyl (C=O) groups is 2. The van der Waals surface area contributed by atoms with E-state index < -0.39 is 0 Å². The van der Waals surface area contributed by atoms with Gasteiger partial charge in [0.05, 0.1) is 30.1 Å². The van der Waals surface area contributed by atoms with Crippen molar-refractivity contribution >= 4 is 11.8 Å². The molecule has 6 aliphatic rings. The SMILES string of the molecule is CN1C2CCCCC2C2C3C(=O)NC(=O)C3C3OC4CCCCC4OC3C21.